The average Bonchev–Trinajstić information content (AvgIpc) is 3.53. The molecule has 9 aromatic carbocycles. The van der Waals surface area contributed by atoms with Crippen molar-refractivity contribution in [3.05, 3.63) is 170 Å². The van der Waals surface area contributed by atoms with E-state index in [9.17, 15) is 0 Å². The average molecular weight is 597 g/mol. The maximum Gasteiger partial charge on any atom is 0.143 e. The Balaban J connectivity index is 1.31. The van der Waals surface area contributed by atoms with Gasteiger partial charge < -0.3 is 4.42 Å². The largest absolute Gasteiger partial charge is 0.455 e. The standard InChI is InChI=1S/C46H28O/c1-3-13-31-27-33(23-21-29(31)11-1)35-25-26-41(45-40-19-9-10-20-42(40)47-46(35)45)44-38-17-7-5-15-36(38)43(37-16-6-8-18-39(37)44)34-24-22-30-12-2-4-14-32(30)28-34/h1-28H. The number of benzene rings is 9. The minimum absolute atomic E-state index is 0.901. The summed E-state index contributed by atoms with van der Waals surface area (Å²) < 4.78 is 6.77. The van der Waals surface area contributed by atoms with E-state index in [-0.39, 0.29) is 0 Å². The molecule has 0 spiro atoms. The van der Waals surface area contributed by atoms with Gasteiger partial charge in [-0.3, -0.25) is 0 Å². The first-order valence-electron chi connectivity index (χ1n) is 16.2. The number of fused-ring (bicyclic) bond motifs is 7. The lowest BCUT2D eigenvalue weighted by atomic mass is 9.84. The van der Waals surface area contributed by atoms with Crippen LogP contribution in [0.25, 0.3) is 98.4 Å². The normalized spacial score (nSPS) is 11.8. The molecule has 10 aromatic rings. The van der Waals surface area contributed by atoms with Crippen molar-refractivity contribution in [3.8, 4) is 33.4 Å². The molecule has 0 aliphatic carbocycles. The molecule has 0 N–H and O–H groups in total. The Morgan fingerprint density at radius 3 is 1.43 bits per heavy atom. The van der Waals surface area contributed by atoms with Crippen molar-refractivity contribution in [1.82, 2.24) is 0 Å². The fourth-order valence-electron chi connectivity index (χ4n) is 7.70. The fourth-order valence-corrected chi connectivity index (χ4v) is 7.70. The molecule has 47 heavy (non-hydrogen) atoms. The van der Waals surface area contributed by atoms with Crippen molar-refractivity contribution >= 4 is 65.0 Å². The van der Waals surface area contributed by atoms with Crippen LogP contribution >= 0.6 is 0 Å². The van der Waals surface area contributed by atoms with Crippen molar-refractivity contribution in [2.24, 2.45) is 0 Å². The molecule has 0 amide bonds. The Labute approximate surface area is 271 Å². The SMILES string of the molecule is c1ccc2cc(-c3c4ccccc4c(-c4ccc(-c5ccc6ccccc6c5)c5oc6ccccc6c45)c4ccccc34)ccc2c1. The third kappa shape index (κ3) is 3.97. The van der Waals surface area contributed by atoms with Crippen LogP contribution in [0.5, 0.6) is 0 Å². The summed E-state index contributed by atoms with van der Waals surface area (Å²) in [7, 11) is 0. The first kappa shape index (κ1) is 26.1. The van der Waals surface area contributed by atoms with Crippen LogP contribution in [0.2, 0.25) is 0 Å². The van der Waals surface area contributed by atoms with Crippen LogP contribution in [0.15, 0.2) is 174 Å². The molecule has 0 saturated carbocycles. The van der Waals surface area contributed by atoms with Crippen molar-refractivity contribution in [1.29, 1.82) is 0 Å². The lowest BCUT2D eigenvalue weighted by Crippen LogP contribution is -1.92. The highest BCUT2D eigenvalue weighted by Gasteiger charge is 2.22. The minimum Gasteiger partial charge on any atom is -0.455 e. The van der Waals surface area contributed by atoms with Crippen LogP contribution in [0.4, 0.5) is 0 Å². The quantitative estimate of drug-likeness (QED) is 0.185. The molecule has 1 nitrogen and oxygen atoms in total. The van der Waals surface area contributed by atoms with Crippen LogP contribution < -0.4 is 0 Å². The molecule has 0 saturated heterocycles. The highest BCUT2D eigenvalue weighted by molar-refractivity contribution is 6.26. The van der Waals surface area contributed by atoms with Crippen LogP contribution in [0.3, 0.4) is 0 Å². The van der Waals surface area contributed by atoms with Gasteiger partial charge in [-0.1, -0.05) is 146 Å². The molecule has 218 valence electrons. The number of para-hydroxylation sites is 1. The summed E-state index contributed by atoms with van der Waals surface area (Å²) in [6.45, 7) is 0. The van der Waals surface area contributed by atoms with Gasteiger partial charge in [0.2, 0.25) is 0 Å². The molecule has 1 heteroatoms. The molecule has 0 fully saturated rings. The van der Waals surface area contributed by atoms with E-state index >= 15 is 0 Å². The number of furan rings is 1. The van der Waals surface area contributed by atoms with Crippen LogP contribution in [-0.4, -0.2) is 0 Å². The van der Waals surface area contributed by atoms with E-state index in [4.69, 9.17) is 4.42 Å². The molecule has 0 radical (unpaired) electrons. The van der Waals surface area contributed by atoms with Crippen molar-refractivity contribution in [2.75, 3.05) is 0 Å². The number of hydrogen-bond acceptors (Lipinski definition) is 1. The smallest absolute Gasteiger partial charge is 0.143 e. The van der Waals surface area contributed by atoms with E-state index in [1.54, 1.807) is 0 Å². The van der Waals surface area contributed by atoms with Gasteiger partial charge in [0, 0.05) is 16.3 Å². The topological polar surface area (TPSA) is 13.1 Å². The van der Waals surface area contributed by atoms with E-state index in [2.05, 4.69) is 170 Å². The summed E-state index contributed by atoms with van der Waals surface area (Å²) in [5, 5.41) is 12.2. The van der Waals surface area contributed by atoms with Crippen LogP contribution in [-0.2, 0) is 0 Å². The summed E-state index contributed by atoms with van der Waals surface area (Å²) in [6.07, 6.45) is 0. The fraction of sp³-hybridized carbons (Fsp3) is 0. The van der Waals surface area contributed by atoms with Crippen LogP contribution in [0, 0.1) is 0 Å². The second-order valence-corrected chi connectivity index (χ2v) is 12.4. The molecule has 0 atom stereocenters. The van der Waals surface area contributed by atoms with Gasteiger partial charge in [0.15, 0.2) is 0 Å². The Kier molecular flexibility index (Phi) is 5.64. The van der Waals surface area contributed by atoms with Gasteiger partial charge in [-0.25, -0.2) is 0 Å². The number of hydrogen-bond donors (Lipinski definition) is 0. The first-order valence-corrected chi connectivity index (χ1v) is 16.2. The molecule has 0 aliphatic rings. The lowest BCUT2D eigenvalue weighted by molar-refractivity contribution is 0.670. The van der Waals surface area contributed by atoms with E-state index in [0.29, 0.717) is 0 Å². The van der Waals surface area contributed by atoms with Crippen LogP contribution in [0.1, 0.15) is 0 Å². The highest BCUT2D eigenvalue weighted by atomic mass is 16.3. The van der Waals surface area contributed by atoms with Crippen molar-refractivity contribution < 1.29 is 4.42 Å². The van der Waals surface area contributed by atoms with Gasteiger partial charge in [0.1, 0.15) is 11.2 Å². The molecule has 0 aliphatic heterocycles. The molecule has 10 rings (SSSR count). The molecular formula is C46H28O. The highest BCUT2D eigenvalue weighted by Crippen LogP contribution is 2.48. The molecule has 1 aromatic heterocycles. The first-order chi connectivity index (χ1) is 23.3. The summed E-state index contributed by atoms with van der Waals surface area (Å²) in [4.78, 5) is 0. The summed E-state index contributed by atoms with van der Waals surface area (Å²) in [5.41, 5.74) is 9.01. The van der Waals surface area contributed by atoms with E-state index in [1.807, 2.05) is 0 Å². The van der Waals surface area contributed by atoms with Gasteiger partial charge >= 0.3 is 0 Å². The van der Waals surface area contributed by atoms with E-state index in [1.165, 1.54) is 65.3 Å². The predicted molar refractivity (Wildman–Crippen MR) is 200 cm³/mol. The Bertz CT molecular complexity index is 2800. The second kappa shape index (κ2) is 10.2. The number of rotatable bonds is 3. The maximum atomic E-state index is 6.77. The van der Waals surface area contributed by atoms with Gasteiger partial charge in [0.05, 0.1) is 0 Å². The molecular weight excluding hydrogens is 569 g/mol. The summed E-state index contributed by atoms with van der Waals surface area (Å²) >= 11 is 0. The molecule has 0 unspecified atom stereocenters. The maximum absolute atomic E-state index is 6.77. The summed E-state index contributed by atoms with van der Waals surface area (Å²) in [6, 6.07) is 61.5. The third-order valence-electron chi connectivity index (χ3n) is 9.83. The van der Waals surface area contributed by atoms with Gasteiger partial charge in [-0.05, 0) is 95.2 Å². The minimum atomic E-state index is 0.901. The Morgan fingerprint density at radius 1 is 0.319 bits per heavy atom. The third-order valence-corrected chi connectivity index (χ3v) is 9.83. The van der Waals surface area contributed by atoms with E-state index in [0.717, 1.165) is 33.1 Å². The predicted octanol–water partition coefficient (Wildman–Crippen LogP) is 13.2. The zero-order valence-electron chi connectivity index (χ0n) is 25.6. The monoisotopic (exact) mass is 596 g/mol. The zero-order valence-corrected chi connectivity index (χ0v) is 25.6. The Morgan fingerprint density at radius 2 is 0.787 bits per heavy atom. The zero-order chi connectivity index (χ0) is 30.9. The van der Waals surface area contributed by atoms with E-state index < -0.39 is 0 Å². The second-order valence-electron chi connectivity index (χ2n) is 12.4. The van der Waals surface area contributed by atoms with Crippen molar-refractivity contribution in [2.45, 2.75) is 0 Å². The Hall–Kier alpha value is -6.18. The molecule has 0 bridgehead atoms. The van der Waals surface area contributed by atoms with Gasteiger partial charge in [-0.15, -0.1) is 0 Å². The molecule has 1 heterocycles. The van der Waals surface area contributed by atoms with Gasteiger partial charge in [-0.2, -0.15) is 0 Å². The lowest BCUT2D eigenvalue weighted by Gasteiger charge is -2.19. The summed E-state index contributed by atoms with van der Waals surface area (Å²) in [5.74, 6) is 0. The van der Waals surface area contributed by atoms with Crippen molar-refractivity contribution in [3.63, 3.8) is 0 Å². The van der Waals surface area contributed by atoms with Gasteiger partial charge in [0.25, 0.3) is 0 Å².